The molecule has 162 valence electrons. The van der Waals surface area contributed by atoms with Gasteiger partial charge in [-0.1, -0.05) is 17.3 Å². The van der Waals surface area contributed by atoms with Crippen molar-refractivity contribution in [2.45, 2.75) is 27.7 Å². The lowest BCUT2D eigenvalue weighted by Gasteiger charge is -2.15. The minimum Gasteiger partial charge on any atom is -0.490 e. The van der Waals surface area contributed by atoms with E-state index in [0.717, 1.165) is 39.8 Å². The molecule has 2 rings (SSSR count). The third-order valence-corrected chi connectivity index (χ3v) is 4.13. The third-order valence-electron chi connectivity index (χ3n) is 4.13. The molecule has 2 aromatic rings. The number of allylic oxidation sites excluding steroid dienone is 1. The van der Waals surface area contributed by atoms with Crippen LogP contribution in [0.1, 0.15) is 25.0 Å². The molecule has 0 aliphatic heterocycles. The summed E-state index contributed by atoms with van der Waals surface area (Å²) in [6.07, 6.45) is 3.94. The standard InChI is InChI=1S/C24H31NO5/c1-6-7-12-27-23-15-18(2)24(19(3)16-23)29-14-13-28-21-8-10-22(11-9-21)30-17-20(4)25-26-5/h6-11,15-16H,12-14,17H2,1-5H3/b7-6+,25-20?. The Morgan fingerprint density at radius 1 is 0.867 bits per heavy atom. The van der Waals surface area contributed by atoms with E-state index in [0.29, 0.717) is 26.4 Å². The highest BCUT2D eigenvalue weighted by molar-refractivity contribution is 5.82. The minimum absolute atomic E-state index is 0.375. The van der Waals surface area contributed by atoms with Crippen LogP contribution >= 0.6 is 0 Å². The Labute approximate surface area is 179 Å². The number of aryl methyl sites for hydroxylation is 2. The number of ether oxygens (including phenoxy) is 4. The molecule has 0 spiro atoms. The zero-order valence-corrected chi connectivity index (χ0v) is 18.4. The molecule has 0 aliphatic rings. The lowest BCUT2D eigenvalue weighted by Crippen LogP contribution is -2.10. The first-order chi connectivity index (χ1) is 14.5. The highest BCUT2D eigenvalue weighted by Gasteiger charge is 2.07. The van der Waals surface area contributed by atoms with Gasteiger partial charge in [-0.05, 0) is 75.2 Å². The summed E-state index contributed by atoms with van der Waals surface area (Å²) in [6, 6.07) is 11.4. The summed E-state index contributed by atoms with van der Waals surface area (Å²) in [6.45, 7) is 9.68. The Bertz CT molecular complexity index is 820. The first-order valence-electron chi connectivity index (χ1n) is 9.93. The van der Waals surface area contributed by atoms with Crippen LogP contribution in [0.25, 0.3) is 0 Å². The molecule has 0 aliphatic carbocycles. The van der Waals surface area contributed by atoms with Crippen LogP contribution in [0.3, 0.4) is 0 Å². The maximum Gasteiger partial charge on any atom is 0.129 e. The molecule has 0 radical (unpaired) electrons. The fraction of sp³-hybridized carbons (Fsp3) is 0.375. The van der Waals surface area contributed by atoms with Crippen LogP contribution in [-0.4, -0.2) is 39.2 Å². The summed E-state index contributed by atoms with van der Waals surface area (Å²) < 4.78 is 23.0. The first kappa shape index (κ1) is 23.1. The molecule has 0 aromatic heterocycles. The monoisotopic (exact) mass is 413 g/mol. The van der Waals surface area contributed by atoms with E-state index in [2.05, 4.69) is 5.16 Å². The van der Waals surface area contributed by atoms with E-state index in [1.54, 1.807) is 0 Å². The first-order valence-corrected chi connectivity index (χ1v) is 9.93. The normalized spacial score (nSPS) is 11.4. The number of hydrogen-bond acceptors (Lipinski definition) is 6. The van der Waals surface area contributed by atoms with E-state index < -0.39 is 0 Å². The summed E-state index contributed by atoms with van der Waals surface area (Å²) in [5.41, 5.74) is 2.84. The molecule has 2 aromatic carbocycles. The van der Waals surface area contributed by atoms with Gasteiger partial charge in [0.2, 0.25) is 0 Å². The quantitative estimate of drug-likeness (QED) is 0.209. The SMILES string of the molecule is C/C=C/COc1cc(C)c(OCCOc2ccc(OCC(C)=NOC)cc2)c(C)c1. The number of rotatable bonds is 12. The minimum atomic E-state index is 0.375. The summed E-state index contributed by atoms with van der Waals surface area (Å²) >= 11 is 0. The summed E-state index contributed by atoms with van der Waals surface area (Å²) in [7, 11) is 1.51. The van der Waals surface area contributed by atoms with Gasteiger partial charge in [-0.15, -0.1) is 0 Å². The summed E-state index contributed by atoms with van der Waals surface area (Å²) in [5, 5.41) is 3.81. The van der Waals surface area contributed by atoms with Crippen molar-refractivity contribution >= 4 is 5.71 Å². The van der Waals surface area contributed by atoms with Crippen LogP contribution in [0.15, 0.2) is 53.7 Å². The van der Waals surface area contributed by atoms with Gasteiger partial charge in [0.05, 0.1) is 5.71 Å². The molecule has 0 N–H and O–H groups in total. The smallest absolute Gasteiger partial charge is 0.129 e. The van der Waals surface area contributed by atoms with E-state index in [9.17, 15) is 0 Å². The number of benzene rings is 2. The van der Waals surface area contributed by atoms with E-state index in [4.69, 9.17) is 23.8 Å². The Morgan fingerprint density at radius 3 is 2.07 bits per heavy atom. The molecule has 0 unspecified atom stereocenters. The Morgan fingerprint density at radius 2 is 1.47 bits per heavy atom. The zero-order valence-electron chi connectivity index (χ0n) is 18.4. The van der Waals surface area contributed by atoms with Gasteiger partial charge in [0.15, 0.2) is 0 Å². The van der Waals surface area contributed by atoms with Crippen LogP contribution in [0, 0.1) is 13.8 Å². The van der Waals surface area contributed by atoms with Crippen molar-refractivity contribution in [3.63, 3.8) is 0 Å². The lowest BCUT2D eigenvalue weighted by molar-refractivity contribution is 0.209. The molecule has 0 fully saturated rings. The maximum atomic E-state index is 5.94. The highest BCUT2D eigenvalue weighted by atomic mass is 16.6. The molecule has 0 saturated carbocycles. The van der Waals surface area contributed by atoms with E-state index in [-0.39, 0.29) is 0 Å². The molecule has 0 heterocycles. The van der Waals surface area contributed by atoms with Crippen molar-refractivity contribution < 1.29 is 23.8 Å². The van der Waals surface area contributed by atoms with Gasteiger partial charge in [-0.2, -0.15) is 0 Å². The van der Waals surface area contributed by atoms with Crippen molar-refractivity contribution in [3.8, 4) is 23.0 Å². The average Bonchev–Trinajstić information content (AvgIpc) is 2.72. The van der Waals surface area contributed by atoms with Gasteiger partial charge in [0.25, 0.3) is 0 Å². The van der Waals surface area contributed by atoms with Crippen LogP contribution in [0.5, 0.6) is 23.0 Å². The van der Waals surface area contributed by atoms with Gasteiger partial charge in [0, 0.05) is 0 Å². The molecule has 30 heavy (non-hydrogen) atoms. The van der Waals surface area contributed by atoms with Crippen molar-refractivity contribution in [2.75, 3.05) is 33.5 Å². The lowest BCUT2D eigenvalue weighted by atomic mass is 10.1. The van der Waals surface area contributed by atoms with E-state index >= 15 is 0 Å². The number of oxime groups is 1. The molecule has 0 saturated heterocycles. The fourth-order valence-corrected chi connectivity index (χ4v) is 2.77. The Balaban J connectivity index is 1.78. The van der Waals surface area contributed by atoms with Crippen LogP contribution in [0.4, 0.5) is 0 Å². The second-order valence-corrected chi connectivity index (χ2v) is 6.73. The molecular weight excluding hydrogens is 382 g/mol. The summed E-state index contributed by atoms with van der Waals surface area (Å²) in [4.78, 5) is 4.71. The van der Waals surface area contributed by atoms with Crippen molar-refractivity contribution in [3.05, 3.63) is 59.7 Å². The molecule has 0 amide bonds. The predicted octanol–water partition coefficient (Wildman–Crippen LogP) is 5.12. The maximum absolute atomic E-state index is 5.94. The van der Waals surface area contributed by atoms with Crippen LogP contribution in [-0.2, 0) is 4.84 Å². The molecular formula is C24H31NO5. The van der Waals surface area contributed by atoms with Gasteiger partial charge >= 0.3 is 0 Å². The van der Waals surface area contributed by atoms with Crippen molar-refractivity contribution in [1.29, 1.82) is 0 Å². The Kier molecular flexibility index (Phi) is 9.58. The number of nitrogens with zero attached hydrogens (tertiary/aromatic N) is 1. The Hall–Kier alpha value is -3.15. The average molecular weight is 414 g/mol. The topological polar surface area (TPSA) is 58.5 Å². The van der Waals surface area contributed by atoms with Gasteiger partial charge in [0.1, 0.15) is 56.5 Å². The largest absolute Gasteiger partial charge is 0.490 e. The molecule has 6 heteroatoms. The number of hydrogen-bond donors (Lipinski definition) is 0. The van der Waals surface area contributed by atoms with Crippen LogP contribution in [0.2, 0.25) is 0 Å². The van der Waals surface area contributed by atoms with Gasteiger partial charge in [-0.3, -0.25) is 0 Å². The van der Waals surface area contributed by atoms with E-state index in [1.165, 1.54) is 7.11 Å². The third kappa shape index (κ3) is 7.70. The second kappa shape index (κ2) is 12.4. The van der Waals surface area contributed by atoms with Gasteiger partial charge in [-0.25, -0.2) is 0 Å². The second-order valence-electron chi connectivity index (χ2n) is 6.73. The van der Waals surface area contributed by atoms with E-state index in [1.807, 2.05) is 76.2 Å². The van der Waals surface area contributed by atoms with Crippen molar-refractivity contribution in [1.82, 2.24) is 0 Å². The molecule has 6 nitrogen and oxygen atoms in total. The zero-order chi connectivity index (χ0) is 21.8. The molecule has 0 bridgehead atoms. The van der Waals surface area contributed by atoms with Gasteiger partial charge < -0.3 is 23.8 Å². The van der Waals surface area contributed by atoms with Crippen molar-refractivity contribution in [2.24, 2.45) is 5.16 Å². The van der Waals surface area contributed by atoms with Crippen LogP contribution < -0.4 is 18.9 Å². The molecule has 0 atom stereocenters. The fourth-order valence-electron chi connectivity index (χ4n) is 2.77. The predicted molar refractivity (Wildman–Crippen MR) is 119 cm³/mol. The summed E-state index contributed by atoms with van der Waals surface area (Å²) in [5.74, 6) is 3.22. The highest BCUT2D eigenvalue weighted by Crippen LogP contribution is 2.28.